The van der Waals surface area contributed by atoms with Crippen LogP contribution >= 0.6 is 11.6 Å². The van der Waals surface area contributed by atoms with E-state index in [-0.39, 0.29) is 11.8 Å². The number of hydrogen-bond acceptors (Lipinski definition) is 2. The van der Waals surface area contributed by atoms with Gasteiger partial charge in [-0.1, -0.05) is 30.7 Å². The van der Waals surface area contributed by atoms with Crippen LogP contribution in [0.5, 0.6) is 0 Å². The van der Waals surface area contributed by atoms with Crippen LogP contribution < -0.4 is 5.32 Å². The van der Waals surface area contributed by atoms with Gasteiger partial charge >= 0.3 is 0 Å². The van der Waals surface area contributed by atoms with Crippen LogP contribution in [-0.2, 0) is 15.0 Å². The molecule has 2 amide bonds. The molecule has 1 aromatic carbocycles. The lowest BCUT2D eigenvalue weighted by atomic mass is 9.71. The molecule has 3 nitrogen and oxygen atoms in total. The summed E-state index contributed by atoms with van der Waals surface area (Å²) < 4.78 is 0. The highest BCUT2D eigenvalue weighted by atomic mass is 35.5. The van der Waals surface area contributed by atoms with Crippen LogP contribution in [0.2, 0.25) is 5.02 Å². The highest BCUT2D eigenvalue weighted by molar-refractivity contribution is 6.30. The number of benzene rings is 1. The van der Waals surface area contributed by atoms with Gasteiger partial charge in [0.1, 0.15) is 0 Å². The zero-order chi connectivity index (χ0) is 12.5. The zero-order valence-electron chi connectivity index (χ0n) is 9.63. The number of piperidine rings is 1. The molecule has 2 rings (SSSR count). The van der Waals surface area contributed by atoms with Crippen molar-refractivity contribution in [1.29, 1.82) is 0 Å². The minimum atomic E-state index is -0.398. The van der Waals surface area contributed by atoms with Gasteiger partial charge in [0.25, 0.3) is 0 Å². The first-order chi connectivity index (χ1) is 8.05. The topological polar surface area (TPSA) is 46.2 Å². The van der Waals surface area contributed by atoms with E-state index in [9.17, 15) is 9.59 Å². The van der Waals surface area contributed by atoms with E-state index in [1.807, 2.05) is 25.1 Å². The Morgan fingerprint density at radius 1 is 1.29 bits per heavy atom. The lowest BCUT2D eigenvalue weighted by molar-refractivity contribution is -0.135. The molecule has 1 aliphatic rings. The number of carbonyl (C=O) groups is 2. The number of halogens is 1. The summed E-state index contributed by atoms with van der Waals surface area (Å²) >= 11 is 5.97. The fourth-order valence-electron chi connectivity index (χ4n) is 2.40. The van der Waals surface area contributed by atoms with Gasteiger partial charge in [-0.15, -0.1) is 0 Å². The predicted molar refractivity (Wildman–Crippen MR) is 65.8 cm³/mol. The first kappa shape index (κ1) is 12.1. The maximum absolute atomic E-state index is 11.5. The summed E-state index contributed by atoms with van der Waals surface area (Å²) in [6.45, 7) is 1.99. The Hall–Kier alpha value is -1.35. The van der Waals surface area contributed by atoms with Crippen molar-refractivity contribution < 1.29 is 9.59 Å². The van der Waals surface area contributed by atoms with Crippen molar-refractivity contribution in [2.45, 2.75) is 31.6 Å². The van der Waals surface area contributed by atoms with Crippen molar-refractivity contribution in [2.75, 3.05) is 0 Å². The first-order valence-electron chi connectivity index (χ1n) is 5.64. The van der Waals surface area contributed by atoms with Crippen LogP contribution in [0.25, 0.3) is 0 Å². The van der Waals surface area contributed by atoms with Crippen molar-refractivity contribution in [1.82, 2.24) is 5.32 Å². The number of hydrogen-bond donors (Lipinski definition) is 1. The number of carbonyl (C=O) groups excluding carboxylic acids is 2. The smallest absolute Gasteiger partial charge is 0.227 e. The highest BCUT2D eigenvalue weighted by Gasteiger charge is 2.39. The zero-order valence-corrected chi connectivity index (χ0v) is 10.4. The van der Waals surface area contributed by atoms with Gasteiger partial charge in [-0.05, 0) is 24.1 Å². The van der Waals surface area contributed by atoms with Crippen LogP contribution in [0.3, 0.4) is 0 Å². The summed E-state index contributed by atoms with van der Waals surface area (Å²) in [6.07, 6.45) is 1.43. The third-order valence-electron chi connectivity index (χ3n) is 3.39. The molecule has 0 spiro atoms. The average Bonchev–Trinajstić information content (AvgIpc) is 2.27. The van der Waals surface area contributed by atoms with E-state index in [1.165, 1.54) is 0 Å². The van der Waals surface area contributed by atoms with E-state index in [4.69, 9.17) is 11.6 Å². The third kappa shape index (κ3) is 2.34. The predicted octanol–water partition coefficient (Wildman–Crippen LogP) is 2.42. The summed E-state index contributed by atoms with van der Waals surface area (Å²) in [5.74, 6) is -0.411. The molecule has 1 aromatic rings. The number of imide groups is 1. The van der Waals surface area contributed by atoms with Crippen molar-refractivity contribution in [2.24, 2.45) is 0 Å². The van der Waals surface area contributed by atoms with Gasteiger partial charge < -0.3 is 0 Å². The molecule has 0 radical (unpaired) electrons. The molecular formula is C13H14ClNO2. The lowest BCUT2D eigenvalue weighted by Gasteiger charge is -2.35. The number of nitrogens with one attached hydrogen (secondary N) is 1. The van der Waals surface area contributed by atoms with Crippen LogP contribution in [0.1, 0.15) is 31.7 Å². The summed E-state index contributed by atoms with van der Waals surface area (Å²) in [7, 11) is 0. The summed E-state index contributed by atoms with van der Waals surface area (Å²) in [5.41, 5.74) is 0.570. The molecule has 0 bridgehead atoms. The van der Waals surface area contributed by atoms with E-state index < -0.39 is 5.41 Å². The molecular weight excluding hydrogens is 238 g/mol. The Kier molecular flexibility index (Phi) is 3.20. The molecule has 17 heavy (non-hydrogen) atoms. The fourth-order valence-corrected chi connectivity index (χ4v) is 2.59. The molecule has 0 atom stereocenters. The van der Waals surface area contributed by atoms with E-state index in [1.54, 1.807) is 6.07 Å². The first-order valence-corrected chi connectivity index (χ1v) is 6.02. The molecule has 0 aliphatic carbocycles. The summed E-state index contributed by atoms with van der Waals surface area (Å²) in [6, 6.07) is 7.42. The monoisotopic (exact) mass is 251 g/mol. The number of amides is 2. The Morgan fingerprint density at radius 2 is 1.94 bits per heavy atom. The summed E-state index contributed by atoms with van der Waals surface area (Å²) in [4.78, 5) is 23.1. The molecule has 1 N–H and O–H groups in total. The molecule has 1 saturated heterocycles. The van der Waals surface area contributed by atoms with E-state index >= 15 is 0 Å². The Balaban J connectivity index is 2.43. The molecule has 0 saturated carbocycles. The molecule has 1 fully saturated rings. The minimum Gasteiger partial charge on any atom is -0.296 e. The molecule has 1 aliphatic heterocycles. The Labute approximate surface area is 105 Å². The fraction of sp³-hybridized carbons (Fsp3) is 0.385. The van der Waals surface area contributed by atoms with Crippen LogP contribution in [0, 0.1) is 0 Å². The van der Waals surface area contributed by atoms with Gasteiger partial charge in [-0.3, -0.25) is 14.9 Å². The van der Waals surface area contributed by atoms with Crippen molar-refractivity contribution in [3.05, 3.63) is 34.9 Å². The average molecular weight is 252 g/mol. The Morgan fingerprint density at radius 3 is 2.47 bits per heavy atom. The van der Waals surface area contributed by atoms with Gasteiger partial charge in [0.15, 0.2) is 0 Å². The lowest BCUT2D eigenvalue weighted by Crippen LogP contribution is -2.46. The van der Waals surface area contributed by atoms with Crippen LogP contribution in [0.4, 0.5) is 0 Å². The van der Waals surface area contributed by atoms with Gasteiger partial charge in [-0.2, -0.15) is 0 Å². The second-order valence-corrected chi connectivity index (χ2v) is 4.91. The van der Waals surface area contributed by atoms with Gasteiger partial charge in [0.2, 0.25) is 11.8 Å². The molecule has 90 valence electrons. The van der Waals surface area contributed by atoms with Gasteiger partial charge in [0, 0.05) is 23.3 Å². The van der Waals surface area contributed by atoms with Crippen LogP contribution in [-0.4, -0.2) is 11.8 Å². The highest BCUT2D eigenvalue weighted by Crippen LogP contribution is 2.38. The SMILES string of the molecule is CCC1(c2cccc(Cl)c2)CC(=O)NC(=O)C1. The van der Waals surface area contributed by atoms with E-state index in [2.05, 4.69) is 5.32 Å². The third-order valence-corrected chi connectivity index (χ3v) is 3.63. The van der Waals surface area contributed by atoms with Gasteiger partial charge in [0.05, 0.1) is 0 Å². The van der Waals surface area contributed by atoms with E-state index in [0.29, 0.717) is 17.9 Å². The van der Waals surface area contributed by atoms with E-state index in [0.717, 1.165) is 12.0 Å². The quantitative estimate of drug-likeness (QED) is 0.821. The maximum Gasteiger partial charge on any atom is 0.227 e. The van der Waals surface area contributed by atoms with Crippen molar-refractivity contribution in [3.63, 3.8) is 0 Å². The maximum atomic E-state index is 11.5. The molecule has 0 unspecified atom stereocenters. The van der Waals surface area contributed by atoms with Gasteiger partial charge in [-0.25, -0.2) is 0 Å². The standard InChI is InChI=1S/C13H14ClNO2/c1-2-13(7-11(16)15-12(17)8-13)9-4-3-5-10(14)6-9/h3-6H,2,7-8H2,1H3,(H,15,16,17). The number of rotatable bonds is 2. The van der Waals surface area contributed by atoms with Crippen LogP contribution in [0.15, 0.2) is 24.3 Å². The summed E-state index contributed by atoms with van der Waals surface area (Å²) in [5, 5.41) is 2.97. The second-order valence-electron chi connectivity index (χ2n) is 4.47. The molecule has 0 aromatic heterocycles. The van der Waals surface area contributed by atoms with Crippen molar-refractivity contribution >= 4 is 23.4 Å². The normalized spacial score (nSPS) is 18.9. The van der Waals surface area contributed by atoms with Crippen molar-refractivity contribution in [3.8, 4) is 0 Å². The second kappa shape index (κ2) is 4.49. The minimum absolute atomic E-state index is 0.205. The molecule has 4 heteroatoms. The Bertz CT molecular complexity index is 454. The largest absolute Gasteiger partial charge is 0.296 e. The molecule has 1 heterocycles.